The van der Waals surface area contributed by atoms with E-state index in [1.165, 1.54) is 40.2 Å². The van der Waals surface area contributed by atoms with Gasteiger partial charge in [0.1, 0.15) is 0 Å². The van der Waals surface area contributed by atoms with Crippen molar-refractivity contribution < 1.29 is 4.74 Å². The summed E-state index contributed by atoms with van der Waals surface area (Å²) >= 11 is 0. The number of hydrogen-bond acceptors (Lipinski definition) is 4. The van der Waals surface area contributed by atoms with Gasteiger partial charge in [0.05, 0.1) is 17.7 Å². The number of aryl methyl sites for hydroxylation is 2. The Hall–Kier alpha value is -2.76. The Labute approximate surface area is 197 Å². The van der Waals surface area contributed by atoms with E-state index in [4.69, 9.17) is 4.74 Å². The number of pyridine rings is 2. The third-order valence-electron chi connectivity index (χ3n) is 6.64. The zero-order valence-corrected chi connectivity index (χ0v) is 20.3. The van der Waals surface area contributed by atoms with Crippen molar-refractivity contribution in [1.82, 2.24) is 19.9 Å². The molecule has 1 fully saturated rings. The second kappa shape index (κ2) is 10.9. The van der Waals surface area contributed by atoms with Crippen LogP contribution in [0.15, 0.2) is 55.0 Å². The van der Waals surface area contributed by atoms with Crippen molar-refractivity contribution >= 4 is 21.8 Å². The van der Waals surface area contributed by atoms with E-state index >= 15 is 0 Å². The Morgan fingerprint density at radius 1 is 0.970 bits per heavy atom. The number of nitrogens with one attached hydrogen (secondary N) is 1. The molecule has 33 heavy (non-hydrogen) atoms. The van der Waals surface area contributed by atoms with E-state index in [-0.39, 0.29) is 0 Å². The molecule has 0 unspecified atom stereocenters. The van der Waals surface area contributed by atoms with Gasteiger partial charge in [-0.15, -0.1) is 0 Å². The monoisotopic (exact) mass is 444 g/mol. The largest absolute Gasteiger partial charge is 0.375 e. The highest BCUT2D eigenvalue weighted by Crippen LogP contribution is 2.31. The lowest BCUT2D eigenvalue weighted by Gasteiger charge is -2.27. The number of rotatable bonds is 5. The molecule has 5 heteroatoms. The smallest absolute Gasteiger partial charge is 0.0603 e. The lowest BCUT2D eigenvalue weighted by atomic mass is 10.1. The molecule has 0 atom stereocenters. The summed E-state index contributed by atoms with van der Waals surface area (Å²) < 4.78 is 8.17. The Morgan fingerprint density at radius 2 is 1.73 bits per heavy atom. The number of ether oxygens (including phenoxy) is 1. The van der Waals surface area contributed by atoms with Crippen molar-refractivity contribution in [1.29, 1.82) is 0 Å². The lowest BCUT2D eigenvalue weighted by molar-refractivity contribution is -0.0293. The van der Waals surface area contributed by atoms with Crippen molar-refractivity contribution in [2.45, 2.75) is 58.7 Å². The molecule has 1 aromatic carbocycles. The molecule has 4 aromatic rings. The fourth-order valence-electron chi connectivity index (χ4n) is 4.56. The molecule has 1 aliphatic rings. The molecule has 174 valence electrons. The van der Waals surface area contributed by atoms with Gasteiger partial charge < -0.3 is 14.6 Å². The van der Waals surface area contributed by atoms with Crippen LogP contribution in [0, 0.1) is 6.92 Å². The highest BCUT2D eigenvalue weighted by molar-refractivity contribution is 6.08. The van der Waals surface area contributed by atoms with Crippen molar-refractivity contribution in [2.24, 2.45) is 7.05 Å². The van der Waals surface area contributed by atoms with Crippen LogP contribution in [0.1, 0.15) is 45.2 Å². The molecule has 0 radical (unpaired) electrons. The van der Waals surface area contributed by atoms with Crippen LogP contribution in [0.4, 0.5) is 0 Å². The summed E-state index contributed by atoms with van der Waals surface area (Å²) in [4.78, 5) is 8.63. The minimum atomic E-state index is 0.494. The molecule has 5 rings (SSSR count). The number of fused-ring (bicyclic) bond motifs is 3. The fourth-order valence-corrected chi connectivity index (χ4v) is 4.56. The number of hydrogen-bond donors (Lipinski definition) is 1. The van der Waals surface area contributed by atoms with Gasteiger partial charge in [0.15, 0.2) is 0 Å². The molecular formula is C28H36N4O. The second-order valence-electron chi connectivity index (χ2n) is 8.90. The summed E-state index contributed by atoms with van der Waals surface area (Å²) in [6.45, 7) is 8.67. The van der Waals surface area contributed by atoms with E-state index in [1.807, 2.05) is 31.6 Å². The van der Waals surface area contributed by atoms with Gasteiger partial charge in [-0.1, -0.05) is 32.0 Å². The van der Waals surface area contributed by atoms with Gasteiger partial charge in [-0.05, 0) is 69.5 Å². The zero-order chi connectivity index (χ0) is 23.2. The zero-order valence-electron chi connectivity index (χ0n) is 20.3. The maximum absolute atomic E-state index is 5.95. The lowest BCUT2D eigenvalue weighted by Crippen LogP contribution is -2.34. The molecule has 1 N–H and O–H groups in total. The molecule has 1 saturated heterocycles. The second-order valence-corrected chi connectivity index (χ2v) is 8.90. The Balaban J connectivity index is 0.000000185. The molecule has 0 spiro atoms. The van der Waals surface area contributed by atoms with Crippen LogP contribution in [0.5, 0.6) is 0 Å². The van der Waals surface area contributed by atoms with E-state index < -0.39 is 0 Å². The first-order valence-corrected chi connectivity index (χ1v) is 12.2. The van der Waals surface area contributed by atoms with Crippen molar-refractivity contribution in [2.75, 3.05) is 13.1 Å². The summed E-state index contributed by atoms with van der Waals surface area (Å²) in [5.41, 5.74) is 5.80. The summed E-state index contributed by atoms with van der Waals surface area (Å²) in [5.74, 6) is 0. The molecule has 4 heterocycles. The topological polar surface area (TPSA) is 52.0 Å². The van der Waals surface area contributed by atoms with Gasteiger partial charge in [-0.25, -0.2) is 0 Å². The van der Waals surface area contributed by atoms with Gasteiger partial charge in [-0.3, -0.25) is 9.97 Å². The SMILES string of the molecule is CCC(CC)OC1CCNCC1.Cc1ccc(-c2ccc3c4cnccc4n(C)c3c2)cn1. The van der Waals surface area contributed by atoms with Gasteiger partial charge in [0.25, 0.3) is 0 Å². The molecule has 0 aliphatic carbocycles. The Kier molecular flexibility index (Phi) is 7.73. The van der Waals surface area contributed by atoms with E-state index in [9.17, 15) is 0 Å². The summed E-state index contributed by atoms with van der Waals surface area (Å²) in [6.07, 6.45) is 11.4. The maximum atomic E-state index is 5.95. The summed E-state index contributed by atoms with van der Waals surface area (Å²) in [7, 11) is 2.10. The third kappa shape index (κ3) is 5.43. The number of nitrogens with zero attached hydrogens (tertiary/aromatic N) is 3. The first kappa shape index (κ1) is 23.4. The van der Waals surface area contributed by atoms with Crippen LogP contribution in [0.25, 0.3) is 32.9 Å². The van der Waals surface area contributed by atoms with Crippen molar-refractivity contribution in [3.63, 3.8) is 0 Å². The predicted molar refractivity (Wildman–Crippen MR) is 138 cm³/mol. The van der Waals surface area contributed by atoms with Gasteiger partial charge in [-0.2, -0.15) is 0 Å². The Bertz CT molecular complexity index is 1170. The van der Waals surface area contributed by atoms with Gasteiger partial charge >= 0.3 is 0 Å². The minimum Gasteiger partial charge on any atom is -0.375 e. The number of aromatic nitrogens is 3. The average molecular weight is 445 g/mol. The Morgan fingerprint density at radius 3 is 2.42 bits per heavy atom. The molecule has 1 aliphatic heterocycles. The fraction of sp³-hybridized carbons (Fsp3) is 0.429. The van der Waals surface area contributed by atoms with Crippen LogP contribution in [-0.2, 0) is 11.8 Å². The molecular weight excluding hydrogens is 408 g/mol. The van der Waals surface area contributed by atoms with Gasteiger partial charge in [0.2, 0.25) is 0 Å². The van der Waals surface area contributed by atoms with Crippen LogP contribution in [-0.4, -0.2) is 39.8 Å². The van der Waals surface area contributed by atoms with Crippen LogP contribution >= 0.6 is 0 Å². The van der Waals surface area contributed by atoms with E-state index in [2.05, 4.69) is 71.1 Å². The van der Waals surface area contributed by atoms with E-state index in [0.717, 1.165) is 37.2 Å². The molecule has 0 bridgehead atoms. The molecule has 0 amide bonds. The predicted octanol–water partition coefficient (Wildman–Crippen LogP) is 6.04. The normalized spacial score (nSPS) is 14.6. The third-order valence-corrected chi connectivity index (χ3v) is 6.64. The van der Waals surface area contributed by atoms with E-state index in [1.54, 1.807) is 0 Å². The quantitative estimate of drug-likeness (QED) is 0.408. The maximum Gasteiger partial charge on any atom is 0.0603 e. The minimum absolute atomic E-state index is 0.494. The molecule has 0 saturated carbocycles. The van der Waals surface area contributed by atoms with Crippen LogP contribution < -0.4 is 5.32 Å². The number of benzene rings is 1. The number of piperidine rings is 1. The van der Waals surface area contributed by atoms with Crippen molar-refractivity contribution in [3.05, 3.63) is 60.7 Å². The molecule has 5 nitrogen and oxygen atoms in total. The first-order chi connectivity index (χ1) is 16.1. The van der Waals surface area contributed by atoms with Gasteiger partial charge in [0, 0.05) is 53.2 Å². The standard InChI is InChI=1S/C18H15N3.C10H21NO/c1-12-3-4-14(10-20-12)13-5-6-15-16-11-19-8-7-17(16)21(2)18(15)9-13;1-3-9(4-2)12-10-5-7-11-8-6-10/h3-11H,1-2H3;9-11H,3-8H2,1-2H3. The van der Waals surface area contributed by atoms with Crippen LogP contribution in [0.2, 0.25) is 0 Å². The van der Waals surface area contributed by atoms with Crippen molar-refractivity contribution in [3.8, 4) is 11.1 Å². The summed E-state index contributed by atoms with van der Waals surface area (Å²) in [6, 6.07) is 12.8. The van der Waals surface area contributed by atoms with E-state index in [0.29, 0.717) is 12.2 Å². The molecule has 3 aromatic heterocycles. The summed E-state index contributed by atoms with van der Waals surface area (Å²) in [5, 5.41) is 5.78. The highest BCUT2D eigenvalue weighted by atomic mass is 16.5. The highest BCUT2D eigenvalue weighted by Gasteiger charge is 2.16. The van der Waals surface area contributed by atoms with Crippen LogP contribution in [0.3, 0.4) is 0 Å². The average Bonchev–Trinajstić information content (AvgIpc) is 3.15. The first-order valence-electron chi connectivity index (χ1n) is 12.2.